The van der Waals surface area contributed by atoms with Gasteiger partial charge in [0.2, 0.25) is 0 Å². The highest BCUT2D eigenvalue weighted by Crippen LogP contribution is 2.18. The van der Waals surface area contributed by atoms with E-state index in [0.717, 1.165) is 5.69 Å². The molecule has 1 aromatic carbocycles. The monoisotopic (exact) mass is 183 g/mol. The van der Waals surface area contributed by atoms with Crippen molar-refractivity contribution in [2.24, 2.45) is 0 Å². The maximum absolute atomic E-state index is 4.28. The van der Waals surface area contributed by atoms with E-state index >= 15 is 0 Å². The van der Waals surface area contributed by atoms with Crippen LogP contribution in [-0.2, 0) is 0 Å². The fraction of sp³-hybridized carbons (Fsp3) is 0.154. The Kier molecular flexibility index (Phi) is 2.32. The summed E-state index contributed by atoms with van der Waals surface area (Å²) >= 11 is 0. The van der Waals surface area contributed by atoms with Crippen molar-refractivity contribution in [1.82, 2.24) is 4.98 Å². The smallest absolute Gasteiger partial charge is 0.0373 e. The lowest BCUT2D eigenvalue weighted by atomic mass is 10.1. The number of aromatic nitrogens is 1. The molecule has 0 amide bonds. The van der Waals surface area contributed by atoms with E-state index in [4.69, 9.17) is 0 Å². The van der Waals surface area contributed by atoms with Crippen LogP contribution in [0, 0.1) is 13.8 Å². The van der Waals surface area contributed by atoms with Gasteiger partial charge in [0, 0.05) is 17.5 Å². The topological polar surface area (TPSA) is 12.9 Å². The van der Waals surface area contributed by atoms with E-state index in [1.165, 1.54) is 16.7 Å². The fourth-order valence-electron chi connectivity index (χ4n) is 1.38. The molecule has 0 unspecified atom stereocenters. The first kappa shape index (κ1) is 8.95. The number of aryl methyl sites for hydroxylation is 2. The lowest BCUT2D eigenvalue weighted by molar-refractivity contribution is 1.20. The van der Waals surface area contributed by atoms with Gasteiger partial charge in [-0.05, 0) is 25.5 Å². The van der Waals surface area contributed by atoms with Crippen LogP contribution in [0.25, 0.3) is 11.1 Å². The number of hydrogen-bond donors (Lipinski definition) is 0. The van der Waals surface area contributed by atoms with Gasteiger partial charge in [-0.1, -0.05) is 35.9 Å². The summed E-state index contributed by atoms with van der Waals surface area (Å²) in [7, 11) is 0. The summed E-state index contributed by atoms with van der Waals surface area (Å²) in [5.74, 6) is 0. The third kappa shape index (κ3) is 1.82. The van der Waals surface area contributed by atoms with E-state index < -0.39 is 0 Å². The first-order valence-electron chi connectivity index (χ1n) is 4.75. The summed E-state index contributed by atoms with van der Waals surface area (Å²) in [6.45, 7) is 4.09. The fourth-order valence-corrected chi connectivity index (χ4v) is 1.38. The van der Waals surface area contributed by atoms with Gasteiger partial charge in [0.15, 0.2) is 0 Å². The molecule has 0 aliphatic heterocycles. The Balaban J connectivity index is 2.40. The van der Waals surface area contributed by atoms with E-state index in [2.05, 4.69) is 42.2 Å². The predicted molar refractivity (Wildman–Crippen MR) is 59.1 cm³/mol. The van der Waals surface area contributed by atoms with Gasteiger partial charge in [-0.25, -0.2) is 0 Å². The number of pyridine rings is 1. The second-order valence-electron chi connectivity index (χ2n) is 3.55. The van der Waals surface area contributed by atoms with Crippen LogP contribution < -0.4 is 0 Å². The molecule has 0 fully saturated rings. The lowest BCUT2D eigenvalue weighted by Gasteiger charge is -2.01. The van der Waals surface area contributed by atoms with Crippen molar-refractivity contribution in [3.63, 3.8) is 0 Å². The van der Waals surface area contributed by atoms with Crippen molar-refractivity contribution in [2.75, 3.05) is 0 Å². The lowest BCUT2D eigenvalue weighted by Crippen LogP contribution is -1.82. The number of rotatable bonds is 1. The van der Waals surface area contributed by atoms with Gasteiger partial charge >= 0.3 is 0 Å². The molecule has 0 saturated heterocycles. The average Bonchev–Trinajstić information content (AvgIpc) is 2.21. The Hall–Kier alpha value is -1.63. The summed E-state index contributed by atoms with van der Waals surface area (Å²) in [6.07, 6.45) is 1.92. The molecule has 1 aromatic heterocycles. The van der Waals surface area contributed by atoms with E-state index in [1.54, 1.807) is 0 Å². The minimum Gasteiger partial charge on any atom is -0.261 e. The predicted octanol–water partition coefficient (Wildman–Crippen LogP) is 3.37. The third-order valence-electron chi connectivity index (χ3n) is 2.30. The highest BCUT2D eigenvalue weighted by atomic mass is 14.7. The van der Waals surface area contributed by atoms with Crippen LogP contribution in [0.5, 0.6) is 0 Å². The van der Waals surface area contributed by atoms with E-state index in [1.807, 2.05) is 19.2 Å². The molecule has 0 aliphatic carbocycles. The van der Waals surface area contributed by atoms with Crippen LogP contribution in [0.15, 0.2) is 42.6 Å². The Bertz CT molecular complexity index is 368. The van der Waals surface area contributed by atoms with Crippen molar-refractivity contribution in [3.05, 3.63) is 53.9 Å². The quantitative estimate of drug-likeness (QED) is 0.660. The van der Waals surface area contributed by atoms with Crippen molar-refractivity contribution < 1.29 is 0 Å². The maximum atomic E-state index is 4.28. The third-order valence-corrected chi connectivity index (χ3v) is 2.30. The molecular formula is C13H13N. The molecule has 1 nitrogen and oxygen atoms in total. The number of nitrogens with zero attached hydrogens (tertiary/aromatic N) is 1. The van der Waals surface area contributed by atoms with E-state index in [0.29, 0.717) is 0 Å². The van der Waals surface area contributed by atoms with Gasteiger partial charge in [-0.2, -0.15) is 0 Å². The van der Waals surface area contributed by atoms with Crippen LogP contribution >= 0.6 is 0 Å². The highest BCUT2D eigenvalue weighted by Gasteiger charge is 1.96. The van der Waals surface area contributed by atoms with Gasteiger partial charge in [0.1, 0.15) is 0 Å². The highest BCUT2D eigenvalue weighted by molar-refractivity contribution is 5.62. The molecule has 0 N–H and O–H groups in total. The summed E-state index contributed by atoms with van der Waals surface area (Å²) in [5, 5.41) is 0. The zero-order chi connectivity index (χ0) is 9.97. The first-order valence-corrected chi connectivity index (χ1v) is 4.75. The minimum atomic E-state index is 1.06. The zero-order valence-corrected chi connectivity index (χ0v) is 8.49. The van der Waals surface area contributed by atoms with Crippen molar-refractivity contribution >= 4 is 0 Å². The molecule has 1 heteroatoms. The minimum absolute atomic E-state index is 1.06. The average molecular weight is 183 g/mol. The molecular weight excluding hydrogens is 170 g/mol. The Morgan fingerprint density at radius 2 is 1.43 bits per heavy atom. The van der Waals surface area contributed by atoms with Crippen molar-refractivity contribution in [3.8, 4) is 11.1 Å². The van der Waals surface area contributed by atoms with Crippen LogP contribution in [0.4, 0.5) is 0 Å². The van der Waals surface area contributed by atoms with Gasteiger partial charge in [0.25, 0.3) is 0 Å². The Morgan fingerprint density at radius 1 is 0.786 bits per heavy atom. The molecule has 70 valence electrons. The second-order valence-corrected chi connectivity index (χ2v) is 3.55. The van der Waals surface area contributed by atoms with Gasteiger partial charge in [-0.3, -0.25) is 4.98 Å². The Labute approximate surface area is 84.4 Å². The summed E-state index contributed by atoms with van der Waals surface area (Å²) in [5.41, 5.74) is 4.74. The molecule has 0 bridgehead atoms. The molecule has 0 atom stereocenters. The van der Waals surface area contributed by atoms with Crippen molar-refractivity contribution in [2.45, 2.75) is 13.8 Å². The number of hydrogen-bond acceptors (Lipinski definition) is 1. The van der Waals surface area contributed by atoms with Crippen LogP contribution in [0.2, 0.25) is 0 Å². The first-order chi connectivity index (χ1) is 6.75. The normalized spacial score (nSPS) is 10.1. The van der Waals surface area contributed by atoms with Gasteiger partial charge < -0.3 is 0 Å². The maximum Gasteiger partial charge on any atom is 0.0373 e. The molecule has 0 radical (unpaired) electrons. The Morgan fingerprint density at radius 3 is 2.00 bits per heavy atom. The summed E-state index contributed by atoms with van der Waals surface area (Å²) in [4.78, 5) is 4.28. The second kappa shape index (κ2) is 3.62. The SMILES string of the molecule is Cc1ccc(-c2ccc(C)nc2)cc1. The molecule has 1 heterocycles. The van der Waals surface area contributed by atoms with E-state index in [9.17, 15) is 0 Å². The van der Waals surface area contributed by atoms with Gasteiger partial charge in [0.05, 0.1) is 0 Å². The van der Waals surface area contributed by atoms with E-state index in [-0.39, 0.29) is 0 Å². The molecule has 0 saturated carbocycles. The molecule has 14 heavy (non-hydrogen) atoms. The summed E-state index contributed by atoms with van der Waals surface area (Å²) in [6, 6.07) is 12.6. The van der Waals surface area contributed by atoms with Gasteiger partial charge in [-0.15, -0.1) is 0 Å². The largest absolute Gasteiger partial charge is 0.261 e. The van der Waals surface area contributed by atoms with Crippen molar-refractivity contribution in [1.29, 1.82) is 0 Å². The number of benzene rings is 1. The molecule has 2 rings (SSSR count). The van der Waals surface area contributed by atoms with Crippen LogP contribution in [0.1, 0.15) is 11.3 Å². The summed E-state index contributed by atoms with van der Waals surface area (Å²) < 4.78 is 0. The molecule has 0 aliphatic rings. The zero-order valence-electron chi connectivity index (χ0n) is 8.49. The van der Waals surface area contributed by atoms with Crippen LogP contribution in [-0.4, -0.2) is 4.98 Å². The standard InChI is InChI=1S/C13H13N/c1-10-3-6-12(7-4-10)13-8-5-11(2)14-9-13/h3-9H,1-2H3. The molecule has 2 aromatic rings. The molecule has 0 spiro atoms. The van der Waals surface area contributed by atoms with Crippen LogP contribution in [0.3, 0.4) is 0 Å².